The molecule has 0 spiro atoms. The quantitative estimate of drug-likeness (QED) is 0.359. The number of aromatic nitrogens is 3. The zero-order chi connectivity index (χ0) is 34.5. The van der Waals surface area contributed by atoms with E-state index in [1.165, 1.54) is 4.90 Å². The van der Waals surface area contributed by atoms with E-state index >= 15 is 0 Å². The van der Waals surface area contributed by atoms with Gasteiger partial charge >= 0.3 is 12.1 Å². The first-order chi connectivity index (χ1) is 23.7. The molecule has 2 aromatic rings. The third kappa shape index (κ3) is 7.60. The lowest BCUT2D eigenvalue weighted by Gasteiger charge is -2.30. The molecule has 4 heterocycles. The maximum Gasteiger partial charge on any atom is 0.408 e. The highest BCUT2D eigenvalue weighted by molar-refractivity contribution is 5.96. The number of alkyl carbamates (subject to hydrolysis) is 1. The van der Waals surface area contributed by atoms with E-state index in [2.05, 4.69) is 20.6 Å². The molecule has 5 atom stereocenters. The van der Waals surface area contributed by atoms with Gasteiger partial charge in [0.05, 0.1) is 17.8 Å². The number of nitrogens with zero attached hydrogens (tertiary/aromatic N) is 4. The van der Waals surface area contributed by atoms with E-state index in [-0.39, 0.29) is 37.3 Å². The summed E-state index contributed by atoms with van der Waals surface area (Å²) in [6.07, 6.45) is 14.1. The second kappa shape index (κ2) is 14.8. The Morgan fingerprint density at radius 1 is 1.10 bits per heavy atom. The van der Waals surface area contributed by atoms with Crippen LogP contribution in [-0.2, 0) is 19.1 Å². The Morgan fingerprint density at radius 3 is 2.65 bits per heavy atom. The summed E-state index contributed by atoms with van der Waals surface area (Å²) >= 11 is 0. The van der Waals surface area contributed by atoms with Crippen LogP contribution in [0.25, 0.3) is 17.6 Å². The lowest BCUT2D eigenvalue weighted by atomic mass is 9.96. The molecule has 4 aliphatic rings. The minimum atomic E-state index is -1.44. The summed E-state index contributed by atoms with van der Waals surface area (Å²) in [6, 6.07) is 3.46. The zero-order valence-electron chi connectivity index (χ0n) is 28.0. The molecule has 13 heteroatoms. The van der Waals surface area contributed by atoms with Crippen molar-refractivity contribution in [2.75, 3.05) is 6.54 Å². The molecule has 260 valence electrons. The molecule has 2 aromatic heterocycles. The van der Waals surface area contributed by atoms with Crippen molar-refractivity contribution in [2.45, 2.75) is 108 Å². The van der Waals surface area contributed by atoms with Crippen molar-refractivity contribution in [1.29, 1.82) is 0 Å². The number of hydrogen-bond donors (Lipinski definition) is 3. The summed E-state index contributed by atoms with van der Waals surface area (Å²) in [7, 11) is 0. The second-order valence-corrected chi connectivity index (χ2v) is 13.3. The van der Waals surface area contributed by atoms with E-state index < -0.39 is 47.6 Å². The summed E-state index contributed by atoms with van der Waals surface area (Å²) in [6.45, 7) is 3.73. The first-order valence-corrected chi connectivity index (χ1v) is 17.3. The van der Waals surface area contributed by atoms with Crippen molar-refractivity contribution >= 4 is 30.0 Å². The lowest BCUT2D eigenvalue weighted by Crippen LogP contribution is -2.56. The Kier molecular flexibility index (Phi) is 10.3. The monoisotopic (exact) mass is 672 g/mol. The van der Waals surface area contributed by atoms with E-state index in [9.17, 15) is 24.3 Å². The first kappa shape index (κ1) is 34.1. The van der Waals surface area contributed by atoms with Gasteiger partial charge in [-0.15, -0.1) is 0 Å². The van der Waals surface area contributed by atoms with Gasteiger partial charge in [0, 0.05) is 18.5 Å². The van der Waals surface area contributed by atoms with Gasteiger partial charge in [-0.3, -0.25) is 14.6 Å². The number of pyridine rings is 1. The Labute approximate surface area is 285 Å². The average Bonchev–Trinajstić information content (AvgIpc) is 3.60. The van der Waals surface area contributed by atoms with E-state index in [1.807, 2.05) is 44.2 Å². The number of nitrogens with one attached hydrogen (secondary N) is 2. The van der Waals surface area contributed by atoms with E-state index in [0.29, 0.717) is 35.6 Å². The molecule has 3 N–H and O–H groups in total. The molecule has 13 nitrogen and oxygen atoms in total. The fraction of sp³-hybridized carbons (Fsp3) is 0.528. The van der Waals surface area contributed by atoms with Crippen LogP contribution in [0, 0.1) is 12.8 Å². The second-order valence-electron chi connectivity index (χ2n) is 13.3. The molecule has 0 radical (unpaired) electrons. The standard InChI is InChI=1S/C36H44N6O7/c1-3-12-26-22(2)38-30(27-16-9-10-18-37-27)40-32(26)48-25-19-29-31(43)41-36(34(45)46)20-23(36)13-7-5-4-6-8-17-28(33(44)42(29)21-25)39-35(47)49-24-14-11-15-24/h3,7,9-10,12-13,16,18,23-25,28-29H,4-6,8,11,14-15,17,19-21H2,1-2H3,(H,39,47)(H,41,43)(H,45,46)/b12-3-,13-7-/t23-,25-,28+,29+,36-/m1/s1. The number of amides is 3. The van der Waals surface area contributed by atoms with Crippen molar-refractivity contribution in [3.63, 3.8) is 0 Å². The molecule has 2 aliphatic heterocycles. The van der Waals surface area contributed by atoms with Crippen molar-refractivity contribution in [1.82, 2.24) is 30.5 Å². The maximum atomic E-state index is 14.3. The van der Waals surface area contributed by atoms with Crippen LogP contribution < -0.4 is 15.4 Å². The highest BCUT2D eigenvalue weighted by Crippen LogP contribution is 2.45. The average molecular weight is 673 g/mol. The molecule has 1 saturated heterocycles. The molecule has 2 aliphatic carbocycles. The number of ether oxygens (including phenoxy) is 2. The van der Waals surface area contributed by atoms with Crippen LogP contribution in [0.3, 0.4) is 0 Å². The van der Waals surface area contributed by atoms with Crippen LogP contribution in [-0.4, -0.2) is 85.2 Å². The fourth-order valence-electron chi connectivity index (χ4n) is 6.73. The van der Waals surface area contributed by atoms with Crippen molar-refractivity contribution < 1.29 is 33.8 Å². The Bertz CT molecular complexity index is 1630. The number of carbonyl (C=O) groups excluding carboxylic acids is 3. The van der Waals surface area contributed by atoms with Crippen molar-refractivity contribution in [2.24, 2.45) is 5.92 Å². The highest BCUT2D eigenvalue weighted by atomic mass is 16.6. The van der Waals surface area contributed by atoms with Gasteiger partial charge < -0.3 is 30.1 Å². The number of allylic oxidation sites excluding steroid dienone is 2. The predicted molar refractivity (Wildman–Crippen MR) is 179 cm³/mol. The third-order valence-electron chi connectivity index (χ3n) is 9.85. The summed E-state index contributed by atoms with van der Waals surface area (Å²) in [4.78, 5) is 68.8. The van der Waals surface area contributed by atoms with Gasteiger partial charge in [-0.1, -0.05) is 43.2 Å². The van der Waals surface area contributed by atoms with Gasteiger partial charge in [0.25, 0.3) is 0 Å². The van der Waals surface area contributed by atoms with Crippen LogP contribution in [0.4, 0.5) is 4.79 Å². The van der Waals surface area contributed by atoms with Crippen molar-refractivity contribution in [3.8, 4) is 17.4 Å². The summed E-state index contributed by atoms with van der Waals surface area (Å²) in [5.74, 6) is -1.83. The number of carbonyl (C=O) groups is 4. The largest absolute Gasteiger partial charge is 0.479 e. The predicted octanol–water partition coefficient (Wildman–Crippen LogP) is 4.36. The number of fused-ring (bicyclic) bond motifs is 2. The van der Waals surface area contributed by atoms with E-state index in [4.69, 9.17) is 14.5 Å². The maximum absolute atomic E-state index is 14.3. The minimum Gasteiger partial charge on any atom is -0.479 e. The summed E-state index contributed by atoms with van der Waals surface area (Å²) in [5.41, 5.74) is 0.436. The van der Waals surface area contributed by atoms with Crippen LogP contribution >= 0.6 is 0 Å². The molecule has 49 heavy (non-hydrogen) atoms. The number of aliphatic carboxylic acids is 1. The molecule has 6 rings (SSSR count). The van der Waals surface area contributed by atoms with Gasteiger partial charge in [-0.05, 0) is 70.9 Å². The lowest BCUT2D eigenvalue weighted by molar-refractivity contribution is -0.145. The first-order valence-electron chi connectivity index (χ1n) is 17.3. The molecule has 0 aromatic carbocycles. The number of rotatable bonds is 7. The van der Waals surface area contributed by atoms with Crippen LogP contribution in [0.15, 0.2) is 42.6 Å². The topological polar surface area (TPSA) is 173 Å². The van der Waals surface area contributed by atoms with Gasteiger partial charge in [-0.25, -0.2) is 14.6 Å². The summed E-state index contributed by atoms with van der Waals surface area (Å²) in [5, 5.41) is 15.7. The van der Waals surface area contributed by atoms with Gasteiger partial charge in [-0.2, -0.15) is 4.98 Å². The zero-order valence-corrected chi connectivity index (χ0v) is 28.0. The summed E-state index contributed by atoms with van der Waals surface area (Å²) < 4.78 is 12.0. The Morgan fingerprint density at radius 2 is 1.94 bits per heavy atom. The SMILES string of the molecule is C/C=C\c1c(C)nc(-c2ccccn2)nc1O[C@@H]1C[C@H]2C(=O)N[C@]3(C(=O)O)C[C@H]3/C=C\CCCCC[C@H](NC(=O)OC3CCC3)C(=O)N2C1. The smallest absolute Gasteiger partial charge is 0.408 e. The van der Waals surface area contributed by atoms with Crippen LogP contribution in [0.1, 0.15) is 82.4 Å². The molecule has 0 unspecified atom stereocenters. The van der Waals surface area contributed by atoms with Gasteiger partial charge in [0.1, 0.15) is 35.5 Å². The number of aryl methyl sites for hydroxylation is 1. The molecule has 0 bridgehead atoms. The number of hydrogen-bond acceptors (Lipinski definition) is 9. The highest BCUT2D eigenvalue weighted by Gasteiger charge is 2.61. The van der Waals surface area contributed by atoms with Gasteiger partial charge in [0.2, 0.25) is 17.7 Å². The number of carboxylic acids is 1. The van der Waals surface area contributed by atoms with Crippen LogP contribution in [0.2, 0.25) is 0 Å². The van der Waals surface area contributed by atoms with E-state index in [1.54, 1.807) is 18.3 Å². The molecular weight excluding hydrogens is 628 g/mol. The molecule has 2 saturated carbocycles. The molecular formula is C36H44N6O7. The van der Waals surface area contributed by atoms with E-state index in [0.717, 1.165) is 38.5 Å². The third-order valence-corrected chi connectivity index (χ3v) is 9.85. The normalized spacial score (nSPS) is 28.2. The number of carboxylic acid groups (broad SMARTS) is 1. The fourth-order valence-corrected chi connectivity index (χ4v) is 6.73. The van der Waals surface area contributed by atoms with Crippen molar-refractivity contribution in [3.05, 3.63) is 53.9 Å². The van der Waals surface area contributed by atoms with Crippen LogP contribution in [0.5, 0.6) is 5.88 Å². The Balaban J connectivity index is 1.30. The van der Waals surface area contributed by atoms with Gasteiger partial charge in [0.15, 0.2) is 5.82 Å². The Hall–Kier alpha value is -4.81. The molecule has 3 fully saturated rings. The minimum absolute atomic E-state index is 0.0213. The molecule has 3 amide bonds.